The number of nitrogens with two attached hydrogens (primary N) is 1. The standard InChI is InChI=1S/C13H16BrClN4O/c1-3-19-13(11(20-2)7-17-19)12(18-16)8-4-5-10(15)9(14)6-8/h4-7,12,18H,3,16H2,1-2H3. The molecule has 0 aliphatic rings. The summed E-state index contributed by atoms with van der Waals surface area (Å²) in [4.78, 5) is 0. The van der Waals surface area contributed by atoms with Gasteiger partial charge in [-0.2, -0.15) is 5.10 Å². The summed E-state index contributed by atoms with van der Waals surface area (Å²) in [5.41, 5.74) is 4.66. The van der Waals surface area contributed by atoms with Gasteiger partial charge in [-0.25, -0.2) is 5.43 Å². The van der Waals surface area contributed by atoms with Gasteiger partial charge < -0.3 is 4.74 Å². The number of hydrogen-bond acceptors (Lipinski definition) is 4. The van der Waals surface area contributed by atoms with Crippen LogP contribution < -0.4 is 16.0 Å². The van der Waals surface area contributed by atoms with Gasteiger partial charge in [0.2, 0.25) is 0 Å². The molecular weight excluding hydrogens is 344 g/mol. The Kier molecular flexibility index (Phi) is 5.04. The van der Waals surface area contributed by atoms with Crippen LogP contribution >= 0.6 is 27.5 Å². The van der Waals surface area contributed by atoms with Gasteiger partial charge in [-0.15, -0.1) is 0 Å². The molecule has 0 bridgehead atoms. The van der Waals surface area contributed by atoms with Gasteiger partial charge in [0.25, 0.3) is 0 Å². The van der Waals surface area contributed by atoms with E-state index in [2.05, 4.69) is 26.5 Å². The van der Waals surface area contributed by atoms with E-state index in [-0.39, 0.29) is 6.04 Å². The second-order valence-corrected chi connectivity index (χ2v) is 5.45. The van der Waals surface area contributed by atoms with Gasteiger partial charge >= 0.3 is 0 Å². The van der Waals surface area contributed by atoms with Crippen LogP contribution in [0.15, 0.2) is 28.9 Å². The lowest BCUT2D eigenvalue weighted by atomic mass is 10.0. The number of hydrazine groups is 1. The number of hydrogen-bond donors (Lipinski definition) is 2. The molecular formula is C13H16BrClN4O. The van der Waals surface area contributed by atoms with Crippen molar-refractivity contribution in [3.8, 4) is 5.75 Å². The first-order valence-corrected chi connectivity index (χ1v) is 7.30. The van der Waals surface area contributed by atoms with E-state index in [4.69, 9.17) is 22.2 Å². The maximum Gasteiger partial charge on any atom is 0.161 e. The van der Waals surface area contributed by atoms with E-state index in [0.29, 0.717) is 10.8 Å². The highest BCUT2D eigenvalue weighted by Gasteiger charge is 2.22. The van der Waals surface area contributed by atoms with Crippen LogP contribution in [0.3, 0.4) is 0 Å². The van der Waals surface area contributed by atoms with Gasteiger partial charge in [0.1, 0.15) is 5.69 Å². The van der Waals surface area contributed by atoms with E-state index < -0.39 is 0 Å². The van der Waals surface area contributed by atoms with Crippen molar-refractivity contribution < 1.29 is 4.74 Å². The van der Waals surface area contributed by atoms with Crippen molar-refractivity contribution in [3.05, 3.63) is 45.1 Å². The smallest absolute Gasteiger partial charge is 0.161 e. The molecule has 5 nitrogen and oxygen atoms in total. The number of methoxy groups -OCH3 is 1. The van der Waals surface area contributed by atoms with Crippen LogP contribution in [0.1, 0.15) is 24.2 Å². The lowest BCUT2D eigenvalue weighted by Crippen LogP contribution is -2.31. The highest BCUT2D eigenvalue weighted by Crippen LogP contribution is 2.32. The summed E-state index contributed by atoms with van der Waals surface area (Å²) in [5.74, 6) is 6.43. The number of halogens is 2. The van der Waals surface area contributed by atoms with Crippen LogP contribution in [0.4, 0.5) is 0 Å². The Labute approximate surface area is 131 Å². The van der Waals surface area contributed by atoms with Crippen LogP contribution in [0, 0.1) is 0 Å². The zero-order chi connectivity index (χ0) is 14.7. The minimum absolute atomic E-state index is 0.235. The maximum absolute atomic E-state index is 6.03. The number of ether oxygens (including phenoxy) is 1. The summed E-state index contributed by atoms with van der Waals surface area (Å²) in [6, 6.07) is 5.44. The molecule has 0 saturated carbocycles. The molecule has 7 heteroatoms. The molecule has 1 aromatic carbocycles. The Hall–Kier alpha value is -1.08. The minimum atomic E-state index is -0.235. The Morgan fingerprint density at radius 1 is 1.55 bits per heavy atom. The normalized spacial score (nSPS) is 12.4. The Morgan fingerprint density at radius 3 is 2.85 bits per heavy atom. The molecule has 0 aliphatic carbocycles. The number of rotatable bonds is 5. The summed E-state index contributed by atoms with van der Waals surface area (Å²) in [5, 5.41) is 4.95. The van der Waals surface area contributed by atoms with Crippen LogP contribution in [0.25, 0.3) is 0 Å². The van der Waals surface area contributed by atoms with E-state index in [1.54, 1.807) is 13.3 Å². The molecule has 0 amide bonds. The van der Waals surface area contributed by atoms with Gasteiger partial charge in [-0.05, 0) is 40.5 Å². The van der Waals surface area contributed by atoms with Crippen molar-refractivity contribution >= 4 is 27.5 Å². The topological polar surface area (TPSA) is 65.1 Å². The minimum Gasteiger partial charge on any atom is -0.493 e. The SMILES string of the molecule is CCn1ncc(OC)c1C(NN)c1ccc(Cl)c(Br)c1. The number of aryl methyl sites for hydroxylation is 1. The number of nitrogens with zero attached hydrogens (tertiary/aromatic N) is 2. The summed E-state index contributed by atoms with van der Waals surface area (Å²) >= 11 is 9.45. The van der Waals surface area contributed by atoms with E-state index >= 15 is 0 Å². The van der Waals surface area contributed by atoms with Crippen LogP contribution in [0.2, 0.25) is 5.02 Å². The third-order valence-electron chi connectivity index (χ3n) is 3.08. The fraction of sp³-hybridized carbons (Fsp3) is 0.308. The quantitative estimate of drug-likeness (QED) is 0.636. The van der Waals surface area contributed by atoms with Gasteiger partial charge in [-0.3, -0.25) is 10.5 Å². The largest absolute Gasteiger partial charge is 0.493 e. The zero-order valence-corrected chi connectivity index (χ0v) is 13.6. The number of aromatic nitrogens is 2. The summed E-state index contributed by atoms with van der Waals surface area (Å²) in [7, 11) is 1.62. The van der Waals surface area contributed by atoms with Gasteiger partial charge in [0, 0.05) is 11.0 Å². The van der Waals surface area contributed by atoms with Crippen LogP contribution in [0.5, 0.6) is 5.75 Å². The molecule has 1 aromatic heterocycles. The summed E-state index contributed by atoms with van der Waals surface area (Å²) in [6.45, 7) is 2.74. The van der Waals surface area contributed by atoms with E-state index in [1.165, 1.54) is 0 Å². The Morgan fingerprint density at radius 2 is 2.30 bits per heavy atom. The predicted molar refractivity (Wildman–Crippen MR) is 82.8 cm³/mol. The van der Waals surface area contributed by atoms with Crippen molar-refractivity contribution in [2.75, 3.05) is 7.11 Å². The molecule has 0 aliphatic heterocycles. The summed E-state index contributed by atoms with van der Waals surface area (Å²) in [6.07, 6.45) is 1.69. The molecule has 108 valence electrons. The molecule has 0 saturated heterocycles. The molecule has 1 atom stereocenters. The average Bonchev–Trinajstić information content (AvgIpc) is 2.86. The van der Waals surface area contributed by atoms with Crippen molar-refractivity contribution in [1.29, 1.82) is 0 Å². The molecule has 2 aromatic rings. The van der Waals surface area contributed by atoms with Crippen molar-refractivity contribution in [1.82, 2.24) is 15.2 Å². The molecule has 2 rings (SSSR count). The molecule has 20 heavy (non-hydrogen) atoms. The fourth-order valence-corrected chi connectivity index (χ4v) is 2.62. The Balaban J connectivity index is 2.51. The molecule has 0 radical (unpaired) electrons. The van der Waals surface area contributed by atoms with Crippen LogP contribution in [-0.2, 0) is 6.54 Å². The Bertz CT molecular complexity index is 581. The van der Waals surface area contributed by atoms with E-state index in [9.17, 15) is 0 Å². The number of nitrogens with one attached hydrogen (secondary N) is 1. The molecule has 0 fully saturated rings. The second-order valence-electron chi connectivity index (χ2n) is 4.19. The predicted octanol–water partition coefficient (Wildman–Crippen LogP) is 2.88. The van der Waals surface area contributed by atoms with Crippen molar-refractivity contribution in [2.45, 2.75) is 19.5 Å². The van der Waals surface area contributed by atoms with Gasteiger partial charge in [0.15, 0.2) is 5.75 Å². The van der Waals surface area contributed by atoms with Crippen LogP contribution in [-0.4, -0.2) is 16.9 Å². The zero-order valence-electron chi connectivity index (χ0n) is 11.2. The maximum atomic E-state index is 6.03. The van der Waals surface area contributed by atoms with Gasteiger partial charge in [0.05, 0.1) is 24.4 Å². The number of benzene rings is 1. The molecule has 3 N–H and O–H groups in total. The van der Waals surface area contributed by atoms with E-state index in [1.807, 2.05) is 29.8 Å². The highest BCUT2D eigenvalue weighted by atomic mass is 79.9. The first-order valence-electron chi connectivity index (χ1n) is 6.13. The molecule has 0 spiro atoms. The van der Waals surface area contributed by atoms with Crippen molar-refractivity contribution in [2.24, 2.45) is 5.84 Å². The summed E-state index contributed by atoms with van der Waals surface area (Å²) < 4.78 is 8.04. The fourth-order valence-electron chi connectivity index (χ4n) is 2.10. The second kappa shape index (κ2) is 6.58. The molecule has 1 unspecified atom stereocenters. The third-order valence-corrected chi connectivity index (χ3v) is 4.30. The lowest BCUT2D eigenvalue weighted by molar-refractivity contribution is 0.399. The first kappa shape index (κ1) is 15.3. The first-order chi connectivity index (χ1) is 9.62. The average molecular weight is 360 g/mol. The molecule has 1 heterocycles. The highest BCUT2D eigenvalue weighted by molar-refractivity contribution is 9.10. The lowest BCUT2D eigenvalue weighted by Gasteiger charge is -2.19. The van der Waals surface area contributed by atoms with E-state index in [0.717, 1.165) is 22.3 Å². The monoisotopic (exact) mass is 358 g/mol. The van der Waals surface area contributed by atoms with Gasteiger partial charge in [-0.1, -0.05) is 17.7 Å². The van der Waals surface area contributed by atoms with Crippen molar-refractivity contribution in [3.63, 3.8) is 0 Å². The third kappa shape index (κ3) is 2.83.